The molecule has 3 nitrogen and oxygen atoms in total. The molecule has 0 saturated carbocycles. The number of benzene rings is 3. The largest absolute Gasteiger partial charge is 0.350 e. The number of carbonyl (C=O) groups is 1. The van der Waals surface area contributed by atoms with Crippen molar-refractivity contribution < 1.29 is 4.79 Å². The number of nitrogens with zero attached hydrogens (tertiary/aromatic N) is 1. The highest BCUT2D eigenvalue weighted by Crippen LogP contribution is 2.26. The summed E-state index contributed by atoms with van der Waals surface area (Å²) < 4.78 is 0. The Morgan fingerprint density at radius 1 is 0.897 bits per heavy atom. The number of rotatable bonds is 6. The van der Waals surface area contributed by atoms with E-state index in [-0.39, 0.29) is 11.8 Å². The van der Waals surface area contributed by atoms with Gasteiger partial charge in [0.1, 0.15) is 5.01 Å². The van der Waals surface area contributed by atoms with Crippen molar-refractivity contribution in [3.05, 3.63) is 113 Å². The summed E-state index contributed by atoms with van der Waals surface area (Å²) in [5.41, 5.74) is 5.17. The van der Waals surface area contributed by atoms with Crippen LogP contribution in [0.3, 0.4) is 0 Å². The Hall–Kier alpha value is -3.24. The van der Waals surface area contributed by atoms with Gasteiger partial charge in [0.05, 0.1) is 18.2 Å². The predicted octanol–water partition coefficient (Wildman–Crippen LogP) is 5.57. The van der Waals surface area contributed by atoms with Gasteiger partial charge in [-0.15, -0.1) is 11.3 Å². The minimum absolute atomic E-state index is 0.0210. The van der Waals surface area contributed by atoms with E-state index in [2.05, 4.69) is 36.5 Å². The highest BCUT2D eigenvalue weighted by Gasteiger charge is 2.22. The van der Waals surface area contributed by atoms with Crippen LogP contribution in [0.5, 0.6) is 0 Å². The monoisotopic (exact) mass is 398 g/mol. The van der Waals surface area contributed by atoms with Crippen LogP contribution in [0.15, 0.2) is 90.3 Å². The van der Waals surface area contributed by atoms with Gasteiger partial charge >= 0.3 is 0 Å². The number of thiazole rings is 1. The summed E-state index contributed by atoms with van der Waals surface area (Å²) >= 11 is 1.60. The van der Waals surface area contributed by atoms with Crippen LogP contribution < -0.4 is 5.32 Å². The zero-order valence-electron chi connectivity index (χ0n) is 16.2. The molecule has 1 aromatic heterocycles. The molecule has 0 unspecified atom stereocenters. The molecule has 0 radical (unpaired) electrons. The van der Waals surface area contributed by atoms with E-state index in [9.17, 15) is 4.79 Å². The van der Waals surface area contributed by atoms with Crippen LogP contribution in [-0.2, 0) is 11.3 Å². The van der Waals surface area contributed by atoms with Gasteiger partial charge in [-0.3, -0.25) is 4.79 Å². The Kier molecular flexibility index (Phi) is 5.82. The molecule has 0 saturated heterocycles. The molecule has 3 aromatic carbocycles. The molecule has 0 aliphatic heterocycles. The van der Waals surface area contributed by atoms with Gasteiger partial charge in [0, 0.05) is 10.9 Å². The molecular formula is C25H22N2OS. The maximum absolute atomic E-state index is 13.1. The summed E-state index contributed by atoms with van der Waals surface area (Å²) in [6, 6.07) is 28.1. The molecule has 4 aromatic rings. The van der Waals surface area contributed by atoms with Gasteiger partial charge in [-0.2, -0.15) is 0 Å². The summed E-state index contributed by atoms with van der Waals surface area (Å²) in [6.45, 7) is 2.49. The Labute approximate surface area is 175 Å². The fourth-order valence-electron chi connectivity index (χ4n) is 3.28. The van der Waals surface area contributed by atoms with Crippen molar-refractivity contribution in [2.24, 2.45) is 0 Å². The fraction of sp³-hybridized carbons (Fsp3) is 0.120. The number of hydrogen-bond donors (Lipinski definition) is 1. The van der Waals surface area contributed by atoms with Gasteiger partial charge < -0.3 is 5.32 Å². The minimum atomic E-state index is -0.340. The lowest BCUT2D eigenvalue weighted by molar-refractivity contribution is -0.121. The molecule has 0 aliphatic carbocycles. The molecule has 29 heavy (non-hydrogen) atoms. The van der Waals surface area contributed by atoms with Crippen LogP contribution in [0.25, 0.3) is 10.6 Å². The fourth-order valence-corrected chi connectivity index (χ4v) is 4.11. The summed E-state index contributed by atoms with van der Waals surface area (Å²) in [6.07, 6.45) is 0. The van der Waals surface area contributed by atoms with E-state index >= 15 is 0 Å². The number of amides is 1. The van der Waals surface area contributed by atoms with Gasteiger partial charge in [0.25, 0.3) is 0 Å². The Morgan fingerprint density at radius 2 is 1.48 bits per heavy atom. The van der Waals surface area contributed by atoms with Crippen molar-refractivity contribution in [2.75, 3.05) is 0 Å². The van der Waals surface area contributed by atoms with Crippen LogP contribution in [-0.4, -0.2) is 10.9 Å². The Balaban J connectivity index is 1.49. The van der Waals surface area contributed by atoms with E-state index in [0.717, 1.165) is 27.4 Å². The van der Waals surface area contributed by atoms with Crippen LogP contribution >= 0.6 is 11.3 Å². The van der Waals surface area contributed by atoms with E-state index in [1.165, 1.54) is 5.56 Å². The molecule has 4 rings (SSSR count). The van der Waals surface area contributed by atoms with Gasteiger partial charge in [-0.1, -0.05) is 90.5 Å². The van der Waals surface area contributed by atoms with E-state index in [1.807, 2.05) is 66.0 Å². The van der Waals surface area contributed by atoms with Crippen LogP contribution in [0.1, 0.15) is 28.3 Å². The summed E-state index contributed by atoms with van der Waals surface area (Å²) in [5, 5.41) is 6.05. The standard InChI is InChI=1S/C25H22N2OS/c1-18-12-14-21(15-13-18)25-27-22(17-29-25)16-26-24(28)23(19-8-4-2-5-9-19)20-10-6-3-7-11-20/h2-15,17,23H,16H2,1H3,(H,26,28). The summed E-state index contributed by atoms with van der Waals surface area (Å²) in [7, 11) is 0. The molecule has 1 amide bonds. The molecule has 1 N–H and O–H groups in total. The molecule has 0 aliphatic rings. The smallest absolute Gasteiger partial charge is 0.232 e. The molecular weight excluding hydrogens is 376 g/mol. The zero-order chi connectivity index (χ0) is 20.1. The number of aromatic nitrogens is 1. The van der Waals surface area contributed by atoms with Crippen LogP contribution in [0.2, 0.25) is 0 Å². The van der Waals surface area contributed by atoms with Gasteiger partial charge in [-0.25, -0.2) is 4.98 Å². The summed E-state index contributed by atoms with van der Waals surface area (Å²) in [4.78, 5) is 17.8. The molecule has 0 spiro atoms. The number of aryl methyl sites for hydroxylation is 1. The number of nitrogens with one attached hydrogen (secondary N) is 1. The van der Waals surface area contributed by atoms with Crippen LogP contribution in [0.4, 0.5) is 0 Å². The second-order valence-corrected chi connectivity index (χ2v) is 7.84. The lowest BCUT2D eigenvalue weighted by Gasteiger charge is -2.17. The number of hydrogen-bond acceptors (Lipinski definition) is 3. The molecule has 4 heteroatoms. The normalized spacial score (nSPS) is 10.8. The highest BCUT2D eigenvalue weighted by atomic mass is 32.1. The zero-order valence-corrected chi connectivity index (χ0v) is 17.0. The quantitative estimate of drug-likeness (QED) is 0.461. The molecule has 0 bridgehead atoms. The third-order valence-electron chi connectivity index (χ3n) is 4.82. The summed E-state index contributed by atoms with van der Waals surface area (Å²) in [5.74, 6) is -0.361. The molecule has 1 heterocycles. The van der Waals surface area contributed by atoms with Gasteiger partial charge in [0.15, 0.2) is 0 Å². The van der Waals surface area contributed by atoms with Crippen molar-refractivity contribution in [1.82, 2.24) is 10.3 Å². The van der Waals surface area contributed by atoms with E-state index < -0.39 is 0 Å². The third kappa shape index (κ3) is 4.61. The average molecular weight is 399 g/mol. The average Bonchev–Trinajstić information content (AvgIpc) is 3.24. The van der Waals surface area contributed by atoms with Crippen molar-refractivity contribution in [3.8, 4) is 10.6 Å². The lowest BCUT2D eigenvalue weighted by atomic mass is 9.90. The molecule has 0 atom stereocenters. The van der Waals surface area contributed by atoms with E-state index in [4.69, 9.17) is 4.98 Å². The Bertz CT molecular complexity index is 1030. The van der Waals surface area contributed by atoms with E-state index in [1.54, 1.807) is 11.3 Å². The highest BCUT2D eigenvalue weighted by molar-refractivity contribution is 7.13. The predicted molar refractivity (Wildman–Crippen MR) is 119 cm³/mol. The van der Waals surface area contributed by atoms with Crippen molar-refractivity contribution in [3.63, 3.8) is 0 Å². The molecule has 144 valence electrons. The topological polar surface area (TPSA) is 42.0 Å². The van der Waals surface area contributed by atoms with Crippen molar-refractivity contribution >= 4 is 17.2 Å². The SMILES string of the molecule is Cc1ccc(-c2nc(CNC(=O)C(c3ccccc3)c3ccccc3)cs2)cc1. The second-order valence-electron chi connectivity index (χ2n) is 6.98. The van der Waals surface area contributed by atoms with Crippen molar-refractivity contribution in [1.29, 1.82) is 0 Å². The second kappa shape index (κ2) is 8.84. The minimum Gasteiger partial charge on any atom is -0.350 e. The lowest BCUT2D eigenvalue weighted by Crippen LogP contribution is -2.29. The first kappa shape index (κ1) is 19.1. The van der Waals surface area contributed by atoms with E-state index in [0.29, 0.717) is 6.54 Å². The first-order valence-corrected chi connectivity index (χ1v) is 10.5. The van der Waals surface area contributed by atoms with Crippen molar-refractivity contribution in [2.45, 2.75) is 19.4 Å². The third-order valence-corrected chi connectivity index (χ3v) is 5.76. The van der Waals surface area contributed by atoms with Gasteiger partial charge in [-0.05, 0) is 18.1 Å². The van der Waals surface area contributed by atoms with Crippen LogP contribution in [0, 0.1) is 6.92 Å². The first-order chi connectivity index (χ1) is 14.2. The van der Waals surface area contributed by atoms with Gasteiger partial charge in [0.2, 0.25) is 5.91 Å². The maximum Gasteiger partial charge on any atom is 0.232 e. The maximum atomic E-state index is 13.1. The first-order valence-electron chi connectivity index (χ1n) is 9.60. The molecule has 0 fully saturated rings. The number of carbonyl (C=O) groups excluding carboxylic acids is 1. The Morgan fingerprint density at radius 3 is 2.07 bits per heavy atom.